The third kappa shape index (κ3) is 2.83. The number of methoxy groups -OCH3 is 1. The fourth-order valence-corrected chi connectivity index (χ4v) is 4.87. The van der Waals surface area contributed by atoms with E-state index >= 15 is 0 Å². The van der Waals surface area contributed by atoms with E-state index in [2.05, 4.69) is 36.4 Å². The molecular formula is C29H20N4O. The van der Waals surface area contributed by atoms with Crippen molar-refractivity contribution in [1.82, 2.24) is 19.7 Å². The lowest BCUT2D eigenvalue weighted by Gasteiger charge is -2.05. The first-order valence-corrected chi connectivity index (χ1v) is 11.3. The van der Waals surface area contributed by atoms with Crippen molar-refractivity contribution in [3.05, 3.63) is 102 Å². The minimum atomic E-state index is 0.737. The Hall–Kier alpha value is -4.51. The summed E-state index contributed by atoms with van der Waals surface area (Å²) in [5.41, 5.74) is 9.21. The van der Waals surface area contributed by atoms with Crippen LogP contribution in [0.15, 0.2) is 91.0 Å². The normalized spacial score (nSPS) is 12.1. The highest BCUT2D eigenvalue weighted by molar-refractivity contribution is 5.99. The second-order valence-corrected chi connectivity index (χ2v) is 8.56. The number of pyridine rings is 2. The van der Waals surface area contributed by atoms with Crippen molar-refractivity contribution in [2.45, 2.75) is 6.42 Å². The van der Waals surface area contributed by atoms with E-state index < -0.39 is 0 Å². The van der Waals surface area contributed by atoms with Crippen LogP contribution in [-0.4, -0.2) is 26.9 Å². The van der Waals surface area contributed by atoms with Gasteiger partial charge < -0.3 is 4.74 Å². The zero-order valence-corrected chi connectivity index (χ0v) is 18.6. The van der Waals surface area contributed by atoms with E-state index in [1.54, 1.807) is 7.11 Å². The first-order valence-electron chi connectivity index (χ1n) is 11.3. The van der Waals surface area contributed by atoms with Crippen molar-refractivity contribution in [2.75, 3.05) is 7.11 Å². The Balaban J connectivity index is 1.50. The number of hydrogen-bond donors (Lipinski definition) is 0. The zero-order valence-electron chi connectivity index (χ0n) is 18.6. The Morgan fingerprint density at radius 2 is 1.56 bits per heavy atom. The summed E-state index contributed by atoms with van der Waals surface area (Å²) in [6.45, 7) is 0. The maximum absolute atomic E-state index is 5.35. The molecule has 0 atom stereocenters. The summed E-state index contributed by atoms with van der Waals surface area (Å²) < 4.78 is 7.26. The molecule has 7 rings (SSSR count). The number of fused-ring (bicyclic) bond motifs is 5. The third-order valence-corrected chi connectivity index (χ3v) is 6.54. The molecule has 0 radical (unpaired) electrons. The predicted octanol–water partition coefficient (Wildman–Crippen LogP) is 6.22. The molecule has 0 N–H and O–H groups in total. The number of para-hydroxylation sites is 1. The second kappa shape index (κ2) is 7.25. The maximum Gasteiger partial charge on any atom is 0.166 e. The number of rotatable bonds is 3. The number of aromatic nitrogens is 4. The fraction of sp³-hybridized carbons (Fsp3) is 0.0690. The molecule has 0 saturated carbocycles. The lowest BCUT2D eigenvalue weighted by Crippen LogP contribution is -1.98. The zero-order chi connectivity index (χ0) is 22.6. The first-order chi connectivity index (χ1) is 16.8. The molecule has 5 heteroatoms. The molecule has 1 aliphatic carbocycles. The molecular weight excluding hydrogens is 420 g/mol. The molecule has 0 amide bonds. The highest BCUT2D eigenvalue weighted by atomic mass is 16.5. The average molecular weight is 441 g/mol. The average Bonchev–Trinajstić information content (AvgIpc) is 3.44. The third-order valence-electron chi connectivity index (χ3n) is 6.54. The minimum absolute atomic E-state index is 0.737. The van der Waals surface area contributed by atoms with Crippen LogP contribution in [-0.2, 0) is 6.42 Å². The minimum Gasteiger partial charge on any atom is -0.497 e. The molecule has 3 aromatic heterocycles. The summed E-state index contributed by atoms with van der Waals surface area (Å²) in [5, 5.41) is 7.04. The van der Waals surface area contributed by atoms with E-state index in [1.807, 2.05) is 59.3 Å². The van der Waals surface area contributed by atoms with Crippen LogP contribution >= 0.6 is 0 Å². The number of ether oxygens (including phenoxy) is 1. The molecule has 1 aliphatic rings. The summed E-state index contributed by atoms with van der Waals surface area (Å²) in [6, 6.07) is 31.0. The van der Waals surface area contributed by atoms with Gasteiger partial charge in [0.15, 0.2) is 11.3 Å². The molecule has 0 bridgehead atoms. The van der Waals surface area contributed by atoms with Crippen LogP contribution in [0.5, 0.6) is 5.75 Å². The molecule has 5 nitrogen and oxygen atoms in total. The van der Waals surface area contributed by atoms with Crippen LogP contribution in [0.3, 0.4) is 0 Å². The molecule has 0 aliphatic heterocycles. The summed E-state index contributed by atoms with van der Waals surface area (Å²) >= 11 is 0. The highest BCUT2D eigenvalue weighted by Gasteiger charge is 2.22. The first kappa shape index (κ1) is 19.0. The number of nitrogens with zero attached hydrogens (tertiary/aromatic N) is 4. The predicted molar refractivity (Wildman–Crippen MR) is 134 cm³/mol. The largest absolute Gasteiger partial charge is 0.497 e. The molecule has 34 heavy (non-hydrogen) atoms. The summed E-state index contributed by atoms with van der Waals surface area (Å²) in [6.07, 6.45) is 0.904. The monoisotopic (exact) mass is 440 g/mol. The van der Waals surface area contributed by atoms with Crippen LogP contribution in [0.4, 0.5) is 0 Å². The van der Waals surface area contributed by atoms with Gasteiger partial charge in [-0.2, -0.15) is 5.10 Å². The van der Waals surface area contributed by atoms with E-state index in [1.165, 1.54) is 16.7 Å². The molecule has 3 aromatic carbocycles. The van der Waals surface area contributed by atoms with Crippen LogP contribution in [0.25, 0.3) is 50.3 Å². The van der Waals surface area contributed by atoms with Crippen molar-refractivity contribution < 1.29 is 4.74 Å². The Morgan fingerprint density at radius 3 is 2.38 bits per heavy atom. The van der Waals surface area contributed by atoms with Crippen molar-refractivity contribution in [3.63, 3.8) is 0 Å². The van der Waals surface area contributed by atoms with E-state index in [9.17, 15) is 0 Å². The van der Waals surface area contributed by atoms with Gasteiger partial charge in [-0.15, -0.1) is 0 Å². The molecule has 0 saturated heterocycles. The van der Waals surface area contributed by atoms with Gasteiger partial charge in [-0.3, -0.25) is 0 Å². The Kier molecular flexibility index (Phi) is 4.05. The SMILES string of the molecule is COc1ccc(-c2nn(-c3ccccc3)c3nc4nc5c(cc4cc23)Cc2ccccc2-5)cc1. The Labute approximate surface area is 196 Å². The summed E-state index contributed by atoms with van der Waals surface area (Å²) in [5.74, 6) is 0.818. The van der Waals surface area contributed by atoms with Gasteiger partial charge in [0, 0.05) is 28.3 Å². The van der Waals surface area contributed by atoms with Crippen molar-refractivity contribution >= 4 is 22.1 Å². The molecule has 162 valence electrons. The lowest BCUT2D eigenvalue weighted by molar-refractivity contribution is 0.415. The van der Waals surface area contributed by atoms with E-state index in [0.29, 0.717) is 0 Å². The second-order valence-electron chi connectivity index (χ2n) is 8.56. The molecule has 3 heterocycles. The van der Waals surface area contributed by atoms with Gasteiger partial charge in [-0.1, -0.05) is 42.5 Å². The number of benzene rings is 3. The Morgan fingerprint density at radius 1 is 0.765 bits per heavy atom. The molecule has 6 aromatic rings. The van der Waals surface area contributed by atoms with Crippen molar-refractivity contribution in [1.29, 1.82) is 0 Å². The topological polar surface area (TPSA) is 52.8 Å². The van der Waals surface area contributed by atoms with Gasteiger partial charge in [0.2, 0.25) is 0 Å². The number of hydrogen-bond acceptors (Lipinski definition) is 4. The van der Waals surface area contributed by atoms with Gasteiger partial charge in [0.05, 0.1) is 18.5 Å². The van der Waals surface area contributed by atoms with Crippen LogP contribution in [0.1, 0.15) is 11.1 Å². The molecule has 0 fully saturated rings. The quantitative estimate of drug-likeness (QED) is 0.328. The summed E-state index contributed by atoms with van der Waals surface area (Å²) in [4.78, 5) is 10.1. The fourth-order valence-electron chi connectivity index (χ4n) is 4.87. The van der Waals surface area contributed by atoms with E-state index in [0.717, 1.165) is 56.9 Å². The molecule has 0 unspecified atom stereocenters. The smallest absolute Gasteiger partial charge is 0.166 e. The van der Waals surface area contributed by atoms with Crippen molar-refractivity contribution in [3.8, 4) is 34.0 Å². The van der Waals surface area contributed by atoms with E-state index in [4.69, 9.17) is 19.8 Å². The van der Waals surface area contributed by atoms with Gasteiger partial charge in [0.25, 0.3) is 0 Å². The van der Waals surface area contributed by atoms with Crippen LogP contribution in [0.2, 0.25) is 0 Å². The van der Waals surface area contributed by atoms with Gasteiger partial charge >= 0.3 is 0 Å². The standard InChI is InChI=1S/C29H20N4O/c1-34-23-13-11-18(12-14-23)27-25-17-21-16-20-15-19-7-5-6-10-24(19)26(20)30-28(21)31-29(25)33(32-27)22-8-3-2-4-9-22/h2-14,16-17H,15H2,1H3. The molecule has 0 spiro atoms. The maximum atomic E-state index is 5.35. The lowest BCUT2D eigenvalue weighted by atomic mass is 10.1. The van der Waals surface area contributed by atoms with Crippen molar-refractivity contribution in [2.24, 2.45) is 0 Å². The Bertz CT molecular complexity index is 1700. The highest BCUT2D eigenvalue weighted by Crippen LogP contribution is 2.38. The van der Waals surface area contributed by atoms with Gasteiger partial charge in [-0.05, 0) is 59.7 Å². The van der Waals surface area contributed by atoms with Crippen LogP contribution in [0, 0.1) is 0 Å². The van der Waals surface area contributed by atoms with Crippen LogP contribution < -0.4 is 4.74 Å². The van der Waals surface area contributed by atoms with E-state index in [-0.39, 0.29) is 0 Å². The summed E-state index contributed by atoms with van der Waals surface area (Å²) in [7, 11) is 1.67. The van der Waals surface area contributed by atoms with Gasteiger partial charge in [0.1, 0.15) is 11.4 Å². The van der Waals surface area contributed by atoms with Gasteiger partial charge in [-0.25, -0.2) is 14.6 Å².